The van der Waals surface area contributed by atoms with Gasteiger partial charge >= 0.3 is 0 Å². The second kappa shape index (κ2) is 7.93. The van der Waals surface area contributed by atoms with E-state index in [0.29, 0.717) is 0 Å². The highest BCUT2D eigenvalue weighted by Crippen LogP contribution is 2.14. The number of hydrogen-bond acceptors (Lipinski definition) is 2. The van der Waals surface area contributed by atoms with E-state index in [1.807, 2.05) is 74.6 Å². The Labute approximate surface area is 114 Å². The zero-order chi connectivity index (χ0) is 14.1. The van der Waals surface area contributed by atoms with E-state index >= 15 is 0 Å². The van der Waals surface area contributed by atoms with Crippen LogP contribution in [0.15, 0.2) is 66.4 Å². The fraction of sp³-hybridized carbons (Fsp3) is 0.188. The molecule has 0 radical (unpaired) electrons. The summed E-state index contributed by atoms with van der Waals surface area (Å²) in [5, 5.41) is 3.15. The molecule has 0 aliphatic rings. The summed E-state index contributed by atoms with van der Waals surface area (Å²) >= 11 is 0. The Morgan fingerprint density at radius 3 is 2.42 bits per heavy atom. The zero-order valence-corrected chi connectivity index (χ0v) is 11.3. The van der Waals surface area contributed by atoms with Gasteiger partial charge in [-0.3, -0.25) is 4.79 Å². The van der Waals surface area contributed by atoms with Crippen molar-refractivity contribution in [3.05, 3.63) is 72.0 Å². The van der Waals surface area contributed by atoms with E-state index in [9.17, 15) is 4.79 Å². The number of nitrogens with two attached hydrogens (primary N) is 1. The molecule has 0 fully saturated rings. The van der Waals surface area contributed by atoms with Crippen molar-refractivity contribution >= 4 is 5.91 Å². The molecule has 0 spiro atoms. The van der Waals surface area contributed by atoms with Crippen LogP contribution in [0.5, 0.6) is 0 Å². The van der Waals surface area contributed by atoms with Crippen molar-refractivity contribution < 1.29 is 4.79 Å². The topological polar surface area (TPSA) is 55.1 Å². The normalized spacial score (nSPS) is 13.9. The predicted molar refractivity (Wildman–Crippen MR) is 79.2 cm³/mol. The summed E-state index contributed by atoms with van der Waals surface area (Å²) in [6.45, 7) is 3.86. The highest BCUT2D eigenvalue weighted by Gasteiger charge is 2.17. The van der Waals surface area contributed by atoms with Crippen LogP contribution in [0.1, 0.15) is 25.5 Å². The van der Waals surface area contributed by atoms with Gasteiger partial charge in [-0.1, -0.05) is 48.6 Å². The molecule has 1 rings (SSSR count). The fourth-order valence-electron chi connectivity index (χ4n) is 1.66. The summed E-state index contributed by atoms with van der Waals surface area (Å²) in [5.74, 6) is -0.401. The predicted octanol–water partition coefficient (Wildman–Crippen LogP) is 2.84. The van der Waals surface area contributed by atoms with Crippen LogP contribution < -0.4 is 11.1 Å². The van der Waals surface area contributed by atoms with E-state index in [1.165, 1.54) is 0 Å². The lowest BCUT2D eigenvalue weighted by Crippen LogP contribution is -2.32. The van der Waals surface area contributed by atoms with Crippen molar-refractivity contribution in [1.29, 1.82) is 0 Å². The molecule has 1 atom stereocenters. The van der Waals surface area contributed by atoms with Crippen LogP contribution in [-0.4, -0.2) is 5.91 Å². The minimum Gasteiger partial charge on any atom is -0.370 e. The molecule has 1 unspecified atom stereocenters. The van der Waals surface area contributed by atoms with Crippen molar-refractivity contribution in [3.8, 4) is 0 Å². The van der Waals surface area contributed by atoms with Crippen molar-refractivity contribution in [1.82, 2.24) is 5.32 Å². The summed E-state index contributed by atoms with van der Waals surface area (Å²) in [5.41, 5.74) is 7.16. The summed E-state index contributed by atoms with van der Waals surface area (Å²) in [6, 6.07) is 8.91. The Kier molecular flexibility index (Phi) is 6.16. The molecule has 0 aliphatic heterocycles. The zero-order valence-electron chi connectivity index (χ0n) is 11.3. The molecule has 3 nitrogen and oxygen atoms in total. The number of hydrogen-bond donors (Lipinski definition) is 2. The van der Waals surface area contributed by atoms with Crippen LogP contribution in [0, 0.1) is 0 Å². The Bertz CT molecular complexity index is 487. The lowest BCUT2D eigenvalue weighted by molar-refractivity contribution is -0.119. The second-order valence-electron chi connectivity index (χ2n) is 4.04. The van der Waals surface area contributed by atoms with Crippen molar-refractivity contribution in [2.45, 2.75) is 19.9 Å². The van der Waals surface area contributed by atoms with Crippen LogP contribution in [0.4, 0.5) is 0 Å². The largest absolute Gasteiger partial charge is 0.370 e. The first-order valence-electron chi connectivity index (χ1n) is 6.25. The number of primary amides is 1. The molecule has 0 aliphatic carbocycles. The number of allylic oxidation sites excluding steroid dienone is 5. The lowest BCUT2D eigenvalue weighted by Gasteiger charge is -2.17. The van der Waals surface area contributed by atoms with Crippen LogP contribution in [0.25, 0.3) is 0 Å². The number of amides is 1. The molecule has 19 heavy (non-hydrogen) atoms. The van der Waals surface area contributed by atoms with Crippen molar-refractivity contribution in [2.75, 3.05) is 0 Å². The molecule has 0 heterocycles. The monoisotopic (exact) mass is 256 g/mol. The summed E-state index contributed by atoms with van der Waals surface area (Å²) in [7, 11) is 0. The maximum absolute atomic E-state index is 11.6. The van der Waals surface area contributed by atoms with E-state index in [0.717, 1.165) is 11.3 Å². The molecule has 3 N–H and O–H groups in total. The van der Waals surface area contributed by atoms with Gasteiger partial charge in [0.15, 0.2) is 0 Å². The first kappa shape index (κ1) is 14.8. The molecule has 0 aromatic heterocycles. The van der Waals surface area contributed by atoms with Gasteiger partial charge in [0, 0.05) is 5.70 Å². The van der Waals surface area contributed by atoms with Crippen molar-refractivity contribution in [3.63, 3.8) is 0 Å². The molecule has 1 amide bonds. The van der Waals surface area contributed by atoms with E-state index in [1.54, 1.807) is 0 Å². The summed E-state index contributed by atoms with van der Waals surface area (Å²) in [4.78, 5) is 11.6. The average molecular weight is 256 g/mol. The molecular formula is C16H20N2O. The summed E-state index contributed by atoms with van der Waals surface area (Å²) in [6.07, 6.45) is 9.54. The van der Waals surface area contributed by atoms with Gasteiger partial charge in [0.25, 0.3) is 0 Å². The van der Waals surface area contributed by atoms with Gasteiger partial charge in [0.2, 0.25) is 5.91 Å². The SMILES string of the molecule is C\C=C/C=C(\C=C/C)NC(C(N)=O)c1ccccc1. The number of benzene rings is 1. The molecule has 100 valence electrons. The van der Waals surface area contributed by atoms with Crippen LogP contribution in [0.2, 0.25) is 0 Å². The quantitative estimate of drug-likeness (QED) is 0.769. The number of carbonyl (C=O) groups is 1. The molecule has 0 saturated heterocycles. The molecule has 0 saturated carbocycles. The Morgan fingerprint density at radius 1 is 1.21 bits per heavy atom. The van der Waals surface area contributed by atoms with Gasteiger partial charge in [0.05, 0.1) is 0 Å². The summed E-state index contributed by atoms with van der Waals surface area (Å²) < 4.78 is 0. The minimum absolute atomic E-state index is 0.401. The van der Waals surface area contributed by atoms with Gasteiger partial charge in [-0.25, -0.2) is 0 Å². The van der Waals surface area contributed by atoms with Crippen LogP contribution in [-0.2, 0) is 4.79 Å². The van der Waals surface area contributed by atoms with Gasteiger partial charge in [-0.15, -0.1) is 0 Å². The molecule has 3 heteroatoms. The van der Waals surface area contributed by atoms with Gasteiger partial charge in [-0.05, 0) is 31.6 Å². The third-order valence-corrected chi connectivity index (χ3v) is 2.54. The first-order chi connectivity index (χ1) is 9.19. The highest BCUT2D eigenvalue weighted by molar-refractivity contribution is 5.81. The first-order valence-corrected chi connectivity index (χ1v) is 6.25. The maximum atomic E-state index is 11.6. The number of nitrogens with one attached hydrogen (secondary N) is 1. The van der Waals surface area contributed by atoms with Crippen LogP contribution in [0.3, 0.4) is 0 Å². The Morgan fingerprint density at radius 2 is 1.89 bits per heavy atom. The molecule has 1 aromatic carbocycles. The Hall–Kier alpha value is -2.29. The number of rotatable bonds is 6. The van der Waals surface area contributed by atoms with E-state index in [-0.39, 0.29) is 0 Å². The molecular weight excluding hydrogens is 236 g/mol. The Balaban J connectivity index is 2.98. The average Bonchev–Trinajstić information content (AvgIpc) is 2.42. The standard InChI is InChI=1S/C16H20N2O/c1-3-5-12-14(9-4-2)18-15(16(17)19)13-10-7-6-8-11-13/h3-12,15,18H,1-2H3,(H2,17,19)/b5-3-,9-4-,14-12+. The third-order valence-electron chi connectivity index (χ3n) is 2.54. The second-order valence-corrected chi connectivity index (χ2v) is 4.04. The lowest BCUT2D eigenvalue weighted by atomic mass is 10.1. The third kappa shape index (κ3) is 4.84. The van der Waals surface area contributed by atoms with Crippen LogP contribution >= 0.6 is 0 Å². The van der Waals surface area contributed by atoms with E-state index in [4.69, 9.17) is 5.73 Å². The maximum Gasteiger partial charge on any atom is 0.244 e. The highest BCUT2D eigenvalue weighted by atomic mass is 16.1. The number of carbonyl (C=O) groups excluding carboxylic acids is 1. The fourth-order valence-corrected chi connectivity index (χ4v) is 1.66. The van der Waals surface area contributed by atoms with Gasteiger partial charge < -0.3 is 11.1 Å². The molecule has 1 aromatic rings. The van der Waals surface area contributed by atoms with Gasteiger partial charge in [0.1, 0.15) is 6.04 Å². The van der Waals surface area contributed by atoms with Crippen molar-refractivity contribution in [2.24, 2.45) is 5.73 Å². The van der Waals surface area contributed by atoms with Gasteiger partial charge in [-0.2, -0.15) is 0 Å². The smallest absolute Gasteiger partial charge is 0.244 e. The van der Waals surface area contributed by atoms with E-state index < -0.39 is 11.9 Å². The minimum atomic E-state index is -0.533. The molecule has 0 bridgehead atoms. The van der Waals surface area contributed by atoms with E-state index in [2.05, 4.69) is 5.32 Å².